The maximum Gasteiger partial charge on any atom is 0.417 e. The zero-order valence-electron chi connectivity index (χ0n) is 13.3. The highest BCUT2D eigenvalue weighted by Crippen LogP contribution is 2.41. The predicted molar refractivity (Wildman–Crippen MR) is 87.1 cm³/mol. The van der Waals surface area contributed by atoms with Crippen LogP contribution in [0, 0.1) is 11.8 Å². The summed E-state index contributed by atoms with van der Waals surface area (Å²) < 4.78 is 38.5. The molecule has 1 aromatic rings. The van der Waals surface area contributed by atoms with Crippen molar-refractivity contribution in [1.29, 1.82) is 0 Å². The molecule has 2 atom stereocenters. The lowest BCUT2D eigenvalue weighted by molar-refractivity contribution is -0.137. The number of rotatable bonds is 4. The second kappa shape index (κ2) is 6.86. The molecule has 0 saturated heterocycles. The van der Waals surface area contributed by atoms with Crippen molar-refractivity contribution in [2.24, 2.45) is 11.8 Å². The van der Waals surface area contributed by atoms with Crippen molar-refractivity contribution < 1.29 is 22.8 Å². The van der Waals surface area contributed by atoms with Crippen molar-refractivity contribution in [2.45, 2.75) is 44.3 Å². The first-order valence-corrected chi connectivity index (χ1v) is 8.61. The highest BCUT2D eigenvalue weighted by atomic mass is 35.5. The molecule has 2 amide bonds. The number of halogens is 4. The molecule has 25 heavy (non-hydrogen) atoms. The van der Waals surface area contributed by atoms with Gasteiger partial charge in [0, 0.05) is 11.7 Å². The Kier molecular flexibility index (Phi) is 4.95. The summed E-state index contributed by atoms with van der Waals surface area (Å²) in [6.07, 6.45) is -0.0683. The van der Waals surface area contributed by atoms with Gasteiger partial charge in [-0.25, -0.2) is 0 Å². The van der Waals surface area contributed by atoms with Gasteiger partial charge in [0.2, 0.25) is 11.8 Å². The van der Waals surface area contributed by atoms with E-state index in [1.807, 2.05) is 0 Å². The van der Waals surface area contributed by atoms with Crippen molar-refractivity contribution in [3.63, 3.8) is 0 Å². The maximum absolute atomic E-state index is 12.8. The molecule has 2 fully saturated rings. The molecule has 2 N–H and O–H groups in total. The van der Waals surface area contributed by atoms with E-state index in [0.717, 1.165) is 37.8 Å². The van der Waals surface area contributed by atoms with E-state index in [1.165, 1.54) is 6.07 Å². The normalized spacial score (nSPS) is 23.4. The summed E-state index contributed by atoms with van der Waals surface area (Å²) in [5.74, 6) is -1.47. The molecule has 8 heteroatoms. The average Bonchev–Trinajstić information content (AvgIpc) is 3.19. The molecular formula is C17H18ClF3N2O2. The summed E-state index contributed by atoms with van der Waals surface area (Å²) in [7, 11) is 0. The van der Waals surface area contributed by atoms with Gasteiger partial charge < -0.3 is 10.6 Å². The highest BCUT2D eigenvalue weighted by molar-refractivity contribution is 6.31. The summed E-state index contributed by atoms with van der Waals surface area (Å²) in [6.45, 7) is 0. The first kappa shape index (κ1) is 18.0. The number of carbonyl (C=O) groups is 2. The summed E-state index contributed by atoms with van der Waals surface area (Å²) in [5.41, 5.74) is -0.984. The summed E-state index contributed by atoms with van der Waals surface area (Å²) >= 11 is 5.55. The number of hydrogen-bond acceptors (Lipinski definition) is 2. The third kappa shape index (κ3) is 4.26. The number of nitrogens with one attached hydrogen (secondary N) is 2. The van der Waals surface area contributed by atoms with E-state index < -0.39 is 34.5 Å². The second-order valence-electron chi connectivity index (χ2n) is 6.62. The molecule has 4 nitrogen and oxygen atoms in total. The van der Waals surface area contributed by atoms with Gasteiger partial charge in [-0.1, -0.05) is 24.4 Å². The zero-order valence-corrected chi connectivity index (χ0v) is 14.1. The lowest BCUT2D eigenvalue weighted by atomic mass is 10.2. The van der Waals surface area contributed by atoms with E-state index in [1.54, 1.807) is 0 Å². The minimum absolute atomic E-state index is 0.0172. The van der Waals surface area contributed by atoms with Gasteiger partial charge in [-0.15, -0.1) is 0 Å². The standard InChI is InChI=1S/C17H18ClF3N2O2/c18-14-6-5-10(7-13(14)17(19,20)21)23-16(25)12-8-11(12)15(24)22-9-3-1-2-4-9/h5-7,9,11-12H,1-4,8H2,(H,22,24)(H,23,25). The number of anilines is 1. The fourth-order valence-electron chi connectivity index (χ4n) is 3.21. The van der Waals surface area contributed by atoms with Crippen molar-refractivity contribution in [3.8, 4) is 0 Å². The van der Waals surface area contributed by atoms with Gasteiger partial charge in [0.05, 0.1) is 22.4 Å². The fourth-order valence-corrected chi connectivity index (χ4v) is 3.43. The van der Waals surface area contributed by atoms with Gasteiger partial charge in [0.1, 0.15) is 0 Å². The Morgan fingerprint density at radius 1 is 1.08 bits per heavy atom. The molecule has 0 aromatic heterocycles. The molecule has 2 aliphatic rings. The Labute approximate surface area is 148 Å². The Morgan fingerprint density at radius 2 is 1.72 bits per heavy atom. The smallest absolute Gasteiger partial charge is 0.353 e. The summed E-state index contributed by atoms with van der Waals surface area (Å²) in [4.78, 5) is 24.3. The molecule has 2 unspecified atom stereocenters. The van der Waals surface area contributed by atoms with Crippen LogP contribution < -0.4 is 10.6 Å². The quantitative estimate of drug-likeness (QED) is 0.837. The van der Waals surface area contributed by atoms with Crippen LogP contribution in [0.2, 0.25) is 5.02 Å². The van der Waals surface area contributed by atoms with E-state index in [0.29, 0.717) is 6.42 Å². The zero-order chi connectivity index (χ0) is 18.2. The molecule has 2 aliphatic carbocycles. The van der Waals surface area contributed by atoms with Gasteiger partial charge in [-0.2, -0.15) is 13.2 Å². The average molecular weight is 375 g/mol. The van der Waals surface area contributed by atoms with Crippen LogP contribution >= 0.6 is 11.6 Å². The third-order valence-electron chi connectivity index (χ3n) is 4.70. The fraction of sp³-hybridized carbons (Fsp3) is 0.529. The van der Waals surface area contributed by atoms with Crippen LogP contribution in [0.4, 0.5) is 18.9 Å². The Hall–Kier alpha value is -1.76. The van der Waals surface area contributed by atoms with Gasteiger partial charge >= 0.3 is 6.18 Å². The number of alkyl halides is 3. The Bertz CT molecular complexity index is 687. The van der Waals surface area contributed by atoms with Crippen LogP contribution in [-0.4, -0.2) is 17.9 Å². The van der Waals surface area contributed by atoms with Crippen molar-refractivity contribution in [3.05, 3.63) is 28.8 Å². The molecule has 0 heterocycles. The molecule has 2 saturated carbocycles. The highest BCUT2D eigenvalue weighted by Gasteiger charge is 2.48. The SMILES string of the molecule is O=C(Nc1ccc(Cl)c(C(F)(F)F)c1)C1CC1C(=O)NC1CCCC1. The van der Waals surface area contributed by atoms with E-state index >= 15 is 0 Å². The molecule has 136 valence electrons. The van der Waals surface area contributed by atoms with Gasteiger partial charge in [-0.3, -0.25) is 9.59 Å². The summed E-state index contributed by atoms with van der Waals surface area (Å²) in [6, 6.07) is 3.39. The van der Waals surface area contributed by atoms with Crippen LogP contribution in [0.1, 0.15) is 37.7 Å². The maximum atomic E-state index is 12.8. The van der Waals surface area contributed by atoms with Gasteiger partial charge in [0.25, 0.3) is 0 Å². The van der Waals surface area contributed by atoms with Crippen LogP contribution in [0.3, 0.4) is 0 Å². The second-order valence-corrected chi connectivity index (χ2v) is 7.03. The van der Waals surface area contributed by atoms with Crippen LogP contribution in [-0.2, 0) is 15.8 Å². The van der Waals surface area contributed by atoms with Crippen molar-refractivity contribution >= 4 is 29.1 Å². The van der Waals surface area contributed by atoms with Gasteiger partial charge in [0.15, 0.2) is 0 Å². The topological polar surface area (TPSA) is 58.2 Å². The van der Waals surface area contributed by atoms with Crippen molar-refractivity contribution in [1.82, 2.24) is 5.32 Å². The number of carbonyl (C=O) groups excluding carboxylic acids is 2. The van der Waals surface area contributed by atoms with E-state index in [-0.39, 0.29) is 17.6 Å². The molecule has 3 rings (SSSR count). The van der Waals surface area contributed by atoms with Crippen LogP contribution in [0.5, 0.6) is 0 Å². The van der Waals surface area contributed by atoms with E-state index in [9.17, 15) is 22.8 Å². The molecule has 0 radical (unpaired) electrons. The third-order valence-corrected chi connectivity index (χ3v) is 5.03. The first-order valence-electron chi connectivity index (χ1n) is 8.23. The van der Waals surface area contributed by atoms with E-state index in [2.05, 4.69) is 10.6 Å². The lowest BCUT2D eigenvalue weighted by Gasteiger charge is -2.13. The van der Waals surface area contributed by atoms with Crippen molar-refractivity contribution in [2.75, 3.05) is 5.32 Å². The lowest BCUT2D eigenvalue weighted by Crippen LogP contribution is -2.34. The first-order chi connectivity index (χ1) is 11.8. The van der Waals surface area contributed by atoms with E-state index in [4.69, 9.17) is 11.6 Å². The summed E-state index contributed by atoms with van der Waals surface area (Å²) in [5, 5.41) is 4.96. The monoisotopic (exact) mass is 374 g/mol. The largest absolute Gasteiger partial charge is 0.417 e. The van der Waals surface area contributed by atoms with Crippen LogP contribution in [0.25, 0.3) is 0 Å². The Balaban J connectivity index is 1.57. The Morgan fingerprint density at radius 3 is 2.36 bits per heavy atom. The number of hydrogen-bond donors (Lipinski definition) is 2. The number of amides is 2. The molecular weight excluding hydrogens is 357 g/mol. The minimum atomic E-state index is -4.60. The molecule has 0 aliphatic heterocycles. The molecule has 0 bridgehead atoms. The molecule has 0 spiro atoms. The minimum Gasteiger partial charge on any atom is -0.353 e. The van der Waals surface area contributed by atoms with Gasteiger partial charge in [-0.05, 0) is 37.5 Å². The molecule has 1 aromatic carbocycles. The van der Waals surface area contributed by atoms with Crippen LogP contribution in [0.15, 0.2) is 18.2 Å². The predicted octanol–water partition coefficient (Wildman–Crippen LogP) is 3.99. The number of benzene rings is 1.